The summed E-state index contributed by atoms with van der Waals surface area (Å²) in [6.07, 6.45) is 1.78. The molecule has 132 valence electrons. The number of para-hydroxylation sites is 1. The largest absolute Gasteiger partial charge is 0.451 e. The van der Waals surface area contributed by atoms with E-state index in [1.54, 1.807) is 11.0 Å². The van der Waals surface area contributed by atoms with Gasteiger partial charge < -0.3 is 14.2 Å². The standard InChI is InChI=1S/C19H21FN2O3/c20-11-13-9-18(23)22(12-13)15-5-7-21(8-6-15)19(24)17-10-14-3-1-2-4-16(14)25-17/h1-4,10,13,15H,5-9,11-12H2. The molecule has 2 aromatic rings. The molecule has 1 aromatic heterocycles. The first-order valence-electron chi connectivity index (χ1n) is 8.79. The molecule has 4 rings (SSSR count). The molecule has 0 spiro atoms. The molecule has 2 amide bonds. The summed E-state index contributed by atoms with van der Waals surface area (Å²) in [5.41, 5.74) is 0.709. The highest BCUT2D eigenvalue weighted by atomic mass is 19.1. The number of carbonyl (C=O) groups is 2. The van der Waals surface area contributed by atoms with Crippen LogP contribution in [0.3, 0.4) is 0 Å². The van der Waals surface area contributed by atoms with Crippen molar-refractivity contribution in [1.82, 2.24) is 9.80 Å². The molecule has 2 aliphatic heterocycles. The van der Waals surface area contributed by atoms with Gasteiger partial charge in [-0.1, -0.05) is 18.2 Å². The molecule has 2 saturated heterocycles. The predicted molar refractivity (Wildman–Crippen MR) is 90.9 cm³/mol. The molecule has 3 heterocycles. The molecule has 1 aromatic carbocycles. The summed E-state index contributed by atoms with van der Waals surface area (Å²) in [7, 11) is 0. The van der Waals surface area contributed by atoms with Crippen LogP contribution in [0.5, 0.6) is 0 Å². The lowest BCUT2D eigenvalue weighted by molar-refractivity contribution is -0.130. The smallest absolute Gasteiger partial charge is 0.289 e. The fourth-order valence-corrected chi connectivity index (χ4v) is 3.89. The Balaban J connectivity index is 1.40. The van der Waals surface area contributed by atoms with Gasteiger partial charge in [-0.2, -0.15) is 0 Å². The molecule has 25 heavy (non-hydrogen) atoms. The van der Waals surface area contributed by atoms with Gasteiger partial charge in [0, 0.05) is 43.4 Å². The molecule has 0 radical (unpaired) electrons. The Labute approximate surface area is 145 Å². The van der Waals surface area contributed by atoms with E-state index in [4.69, 9.17) is 4.42 Å². The molecule has 0 aliphatic carbocycles. The van der Waals surface area contributed by atoms with Gasteiger partial charge in [0.2, 0.25) is 5.91 Å². The van der Waals surface area contributed by atoms with Crippen LogP contribution in [0.25, 0.3) is 11.0 Å². The second kappa shape index (κ2) is 6.50. The minimum Gasteiger partial charge on any atom is -0.451 e. The number of piperidine rings is 1. The number of benzene rings is 1. The van der Waals surface area contributed by atoms with E-state index in [1.807, 2.05) is 29.2 Å². The minimum absolute atomic E-state index is 0.0460. The van der Waals surface area contributed by atoms with Crippen molar-refractivity contribution in [2.75, 3.05) is 26.3 Å². The molecular weight excluding hydrogens is 323 g/mol. The van der Waals surface area contributed by atoms with E-state index in [1.165, 1.54) is 0 Å². The van der Waals surface area contributed by atoms with Crippen LogP contribution in [0.15, 0.2) is 34.7 Å². The second-order valence-corrected chi connectivity index (χ2v) is 6.94. The van der Waals surface area contributed by atoms with Crippen molar-refractivity contribution in [2.45, 2.75) is 25.3 Å². The number of rotatable bonds is 3. The average Bonchev–Trinajstić information content (AvgIpc) is 3.24. The number of hydrogen-bond acceptors (Lipinski definition) is 3. The first kappa shape index (κ1) is 16.1. The van der Waals surface area contributed by atoms with Gasteiger partial charge in [-0.15, -0.1) is 0 Å². The van der Waals surface area contributed by atoms with Crippen LogP contribution in [0.1, 0.15) is 29.8 Å². The number of fused-ring (bicyclic) bond motifs is 1. The monoisotopic (exact) mass is 344 g/mol. The number of hydrogen-bond donors (Lipinski definition) is 0. The third kappa shape index (κ3) is 3.01. The highest BCUT2D eigenvalue weighted by Gasteiger charge is 2.36. The third-order valence-electron chi connectivity index (χ3n) is 5.29. The van der Waals surface area contributed by atoms with Gasteiger partial charge in [0.15, 0.2) is 5.76 Å². The van der Waals surface area contributed by atoms with Crippen molar-refractivity contribution < 1.29 is 18.4 Å². The van der Waals surface area contributed by atoms with Gasteiger partial charge in [-0.3, -0.25) is 14.0 Å². The lowest BCUT2D eigenvalue weighted by atomic mass is 10.0. The lowest BCUT2D eigenvalue weighted by Gasteiger charge is -2.36. The SMILES string of the molecule is O=C(c1cc2ccccc2o1)N1CCC(N2CC(CF)CC2=O)CC1. The molecule has 5 nitrogen and oxygen atoms in total. The topological polar surface area (TPSA) is 53.8 Å². The van der Waals surface area contributed by atoms with Gasteiger partial charge in [0.05, 0.1) is 6.67 Å². The Hall–Kier alpha value is -2.37. The first-order chi connectivity index (χ1) is 12.2. The predicted octanol–water partition coefficient (Wildman–Crippen LogP) is 2.86. The minimum atomic E-state index is -0.439. The molecule has 6 heteroatoms. The van der Waals surface area contributed by atoms with Crippen LogP contribution in [0, 0.1) is 5.92 Å². The van der Waals surface area contributed by atoms with Gasteiger partial charge in [0.1, 0.15) is 5.58 Å². The Bertz CT molecular complexity index is 762. The van der Waals surface area contributed by atoms with E-state index < -0.39 is 6.67 Å². The fraction of sp³-hybridized carbons (Fsp3) is 0.474. The zero-order valence-electron chi connectivity index (χ0n) is 14.0. The average molecular weight is 344 g/mol. The highest BCUT2D eigenvalue weighted by molar-refractivity contribution is 5.96. The zero-order chi connectivity index (χ0) is 17.4. The maximum absolute atomic E-state index is 12.8. The molecule has 2 fully saturated rings. The van der Waals surface area contributed by atoms with Crippen molar-refractivity contribution in [3.8, 4) is 0 Å². The Morgan fingerprint density at radius 1 is 1.24 bits per heavy atom. The van der Waals surface area contributed by atoms with Crippen LogP contribution in [-0.2, 0) is 4.79 Å². The normalized spacial score (nSPS) is 22.1. The van der Waals surface area contributed by atoms with Crippen molar-refractivity contribution in [1.29, 1.82) is 0 Å². The Morgan fingerprint density at radius 2 is 2.00 bits per heavy atom. The second-order valence-electron chi connectivity index (χ2n) is 6.94. The van der Waals surface area contributed by atoms with E-state index >= 15 is 0 Å². The number of nitrogens with zero attached hydrogens (tertiary/aromatic N) is 2. The summed E-state index contributed by atoms with van der Waals surface area (Å²) >= 11 is 0. The molecule has 0 saturated carbocycles. The van der Waals surface area contributed by atoms with Crippen LogP contribution in [0.4, 0.5) is 4.39 Å². The van der Waals surface area contributed by atoms with Gasteiger partial charge in [-0.05, 0) is 25.0 Å². The first-order valence-corrected chi connectivity index (χ1v) is 8.79. The van der Waals surface area contributed by atoms with Crippen LogP contribution in [-0.4, -0.2) is 54.0 Å². The van der Waals surface area contributed by atoms with Crippen molar-refractivity contribution in [3.63, 3.8) is 0 Å². The Kier molecular flexibility index (Phi) is 4.19. The molecule has 0 bridgehead atoms. The summed E-state index contributed by atoms with van der Waals surface area (Å²) in [5.74, 6) is 0.130. The van der Waals surface area contributed by atoms with E-state index in [0.717, 1.165) is 18.2 Å². The van der Waals surface area contributed by atoms with Gasteiger partial charge in [-0.25, -0.2) is 0 Å². The van der Waals surface area contributed by atoms with Crippen molar-refractivity contribution in [2.24, 2.45) is 5.92 Å². The summed E-state index contributed by atoms with van der Waals surface area (Å²) < 4.78 is 18.5. The van der Waals surface area contributed by atoms with Gasteiger partial charge >= 0.3 is 0 Å². The molecule has 2 aliphatic rings. The number of furan rings is 1. The van der Waals surface area contributed by atoms with Crippen LogP contribution < -0.4 is 0 Å². The summed E-state index contributed by atoms with van der Waals surface area (Å²) in [5, 5.41) is 0.917. The van der Waals surface area contributed by atoms with Gasteiger partial charge in [0.25, 0.3) is 5.91 Å². The fourth-order valence-electron chi connectivity index (χ4n) is 3.89. The number of amides is 2. The molecular formula is C19H21FN2O3. The third-order valence-corrected chi connectivity index (χ3v) is 5.29. The van der Waals surface area contributed by atoms with E-state index in [2.05, 4.69) is 0 Å². The number of likely N-dealkylation sites (tertiary alicyclic amines) is 2. The highest BCUT2D eigenvalue weighted by Crippen LogP contribution is 2.27. The van der Waals surface area contributed by atoms with Crippen LogP contribution in [0.2, 0.25) is 0 Å². The quantitative estimate of drug-likeness (QED) is 0.860. The lowest BCUT2D eigenvalue weighted by Crippen LogP contribution is -2.47. The zero-order valence-corrected chi connectivity index (χ0v) is 14.0. The van der Waals surface area contributed by atoms with E-state index in [0.29, 0.717) is 37.4 Å². The molecule has 0 N–H and O–H groups in total. The van der Waals surface area contributed by atoms with Crippen molar-refractivity contribution >= 4 is 22.8 Å². The summed E-state index contributed by atoms with van der Waals surface area (Å²) in [6.45, 7) is 1.25. The maximum Gasteiger partial charge on any atom is 0.289 e. The van der Waals surface area contributed by atoms with Crippen LogP contribution >= 0.6 is 0 Å². The summed E-state index contributed by atoms with van der Waals surface area (Å²) in [6, 6.07) is 9.45. The van der Waals surface area contributed by atoms with Crippen molar-refractivity contribution in [3.05, 3.63) is 36.1 Å². The van der Waals surface area contributed by atoms with E-state index in [9.17, 15) is 14.0 Å². The molecule has 1 atom stereocenters. The van der Waals surface area contributed by atoms with E-state index in [-0.39, 0.29) is 23.8 Å². The summed E-state index contributed by atoms with van der Waals surface area (Å²) in [4.78, 5) is 28.3. The number of alkyl halides is 1. The Morgan fingerprint density at radius 3 is 2.68 bits per heavy atom. The molecule has 1 unspecified atom stereocenters. The number of halogens is 1. The maximum atomic E-state index is 12.8. The number of carbonyl (C=O) groups excluding carboxylic acids is 2.